The van der Waals surface area contributed by atoms with Crippen LogP contribution in [0.3, 0.4) is 0 Å². The fourth-order valence-electron chi connectivity index (χ4n) is 1.66. The summed E-state index contributed by atoms with van der Waals surface area (Å²) in [6, 6.07) is 4.88. The molecule has 0 N–H and O–H groups in total. The third-order valence-corrected chi connectivity index (χ3v) is 2.89. The van der Waals surface area contributed by atoms with E-state index in [0.717, 1.165) is 12.1 Å². The molecule has 0 heterocycles. The second-order valence-corrected chi connectivity index (χ2v) is 4.50. The van der Waals surface area contributed by atoms with E-state index in [1.54, 1.807) is 7.11 Å². The Hall–Kier alpha value is -1.36. The Labute approximate surface area is 110 Å². The van der Waals surface area contributed by atoms with E-state index in [9.17, 15) is 18.0 Å². The number of rotatable bonds is 6. The molecule has 0 amide bonds. The summed E-state index contributed by atoms with van der Waals surface area (Å²) in [7, 11) is 1.56. The molecule has 0 aliphatic rings. The minimum Gasteiger partial charge on any atom is -0.382 e. The molecule has 0 spiro atoms. The van der Waals surface area contributed by atoms with E-state index in [1.165, 1.54) is 12.1 Å². The summed E-state index contributed by atoms with van der Waals surface area (Å²) in [5.74, 6) is -0.0803. The van der Waals surface area contributed by atoms with Crippen molar-refractivity contribution < 1.29 is 22.7 Å². The van der Waals surface area contributed by atoms with Gasteiger partial charge in [-0.1, -0.05) is 18.2 Å². The van der Waals surface area contributed by atoms with Gasteiger partial charge in [0.2, 0.25) is 0 Å². The van der Waals surface area contributed by atoms with E-state index in [1.807, 2.05) is 6.92 Å². The van der Waals surface area contributed by atoms with Gasteiger partial charge in [0, 0.05) is 20.0 Å². The van der Waals surface area contributed by atoms with Crippen LogP contribution in [0, 0.1) is 0 Å². The largest absolute Gasteiger partial charge is 0.416 e. The highest BCUT2D eigenvalue weighted by atomic mass is 19.4. The Morgan fingerprint density at radius 1 is 1.37 bits per heavy atom. The lowest BCUT2D eigenvalue weighted by molar-refractivity contribution is -0.137. The Bertz CT molecular complexity index is 427. The highest BCUT2D eigenvalue weighted by molar-refractivity contribution is 5.80. The standard InChI is InChI=1S/C14H17F3O2/c1-10(19-2)6-7-13(18)9-11-4-3-5-12(8-11)14(15,16)17/h3-5,8,10H,6-7,9H2,1-2H3. The topological polar surface area (TPSA) is 26.3 Å². The maximum absolute atomic E-state index is 12.5. The van der Waals surface area contributed by atoms with Gasteiger partial charge in [0.25, 0.3) is 0 Å². The number of halogens is 3. The van der Waals surface area contributed by atoms with Crippen LogP contribution in [0.2, 0.25) is 0 Å². The first-order valence-electron chi connectivity index (χ1n) is 6.03. The third kappa shape index (κ3) is 5.42. The normalized spacial score (nSPS) is 13.3. The lowest BCUT2D eigenvalue weighted by atomic mass is 10.0. The summed E-state index contributed by atoms with van der Waals surface area (Å²) in [4.78, 5) is 11.7. The van der Waals surface area contributed by atoms with E-state index in [2.05, 4.69) is 0 Å². The van der Waals surface area contributed by atoms with Crippen LogP contribution in [0.5, 0.6) is 0 Å². The second kappa shape index (κ2) is 6.70. The van der Waals surface area contributed by atoms with Crippen molar-refractivity contribution in [2.24, 2.45) is 0 Å². The van der Waals surface area contributed by atoms with Gasteiger partial charge in [0.05, 0.1) is 11.7 Å². The number of hydrogen-bond acceptors (Lipinski definition) is 2. The van der Waals surface area contributed by atoms with E-state index in [4.69, 9.17) is 4.74 Å². The Balaban J connectivity index is 2.60. The highest BCUT2D eigenvalue weighted by Gasteiger charge is 2.30. The fourth-order valence-corrected chi connectivity index (χ4v) is 1.66. The van der Waals surface area contributed by atoms with Gasteiger partial charge in [-0.3, -0.25) is 4.79 Å². The van der Waals surface area contributed by atoms with E-state index in [0.29, 0.717) is 18.4 Å². The van der Waals surface area contributed by atoms with Gasteiger partial charge in [-0.05, 0) is 25.0 Å². The number of alkyl halides is 3. The van der Waals surface area contributed by atoms with Gasteiger partial charge in [-0.2, -0.15) is 13.2 Å². The van der Waals surface area contributed by atoms with Crippen molar-refractivity contribution in [2.75, 3.05) is 7.11 Å². The van der Waals surface area contributed by atoms with Crippen LogP contribution in [0.15, 0.2) is 24.3 Å². The zero-order chi connectivity index (χ0) is 14.5. The third-order valence-electron chi connectivity index (χ3n) is 2.89. The summed E-state index contributed by atoms with van der Waals surface area (Å²) in [6.45, 7) is 1.84. The smallest absolute Gasteiger partial charge is 0.382 e. The monoisotopic (exact) mass is 274 g/mol. The quantitative estimate of drug-likeness (QED) is 0.791. The molecule has 106 valence electrons. The number of ketones is 1. The maximum Gasteiger partial charge on any atom is 0.416 e. The van der Waals surface area contributed by atoms with Gasteiger partial charge in [-0.25, -0.2) is 0 Å². The summed E-state index contributed by atoms with van der Waals surface area (Å²) in [5.41, 5.74) is -0.326. The molecule has 0 saturated heterocycles. The molecule has 2 nitrogen and oxygen atoms in total. The summed E-state index contributed by atoms with van der Waals surface area (Å²) in [5, 5.41) is 0. The number of methoxy groups -OCH3 is 1. The minimum atomic E-state index is -4.37. The molecule has 19 heavy (non-hydrogen) atoms. The molecule has 1 atom stereocenters. The molecular weight excluding hydrogens is 257 g/mol. The van der Waals surface area contributed by atoms with Gasteiger partial charge in [0.1, 0.15) is 5.78 Å². The van der Waals surface area contributed by atoms with Crippen LogP contribution < -0.4 is 0 Å². The van der Waals surface area contributed by atoms with Crippen LogP contribution >= 0.6 is 0 Å². The van der Waals surface area contributed by atoms with E-state index >= 15 is 0 Å². The molecule has 0 fully saturated rings. The summed E-state index contributed by atoms with van der Waals surface area (Å²) >= 11 is 0. The number of carbonyl (C=O) groups excluding carboxylic acids is 1. The molecule has 0 aliphatic carbocycles. The zero-order valence-electron chi connectivity index (χ0n) is 11.0. The Kier molecular flexibility index (Phi) is 5.54. The Morgan fingerprint density at radius 3 is 2.63 bits per heavy atom. The van der Waals surface area contributed by atoms with E-state index in [-0.39, 0.29) is 18.3 Å². The highest BCUT2D eigenvalue weighted by Crippen LogP contribution is 2.29. The van der Waals surface area contributed by atoms with Crippen molar-refractivity contribution in [3.8, 4) is 0 Å². The first kappa shape index (κ1) is 15.7. The molecule has 0 radical (unpaired) electrons. The van der Waals surface area contributed by atoms with Crippen LogP contribution in [0.1, 0.15) is 30.9 Å². The predicted molar refractivity (Wildman–Crippen MR) is 65.9 cm³/mol. The van der Waals surface area contributed by atoms with E-state index < -0.39 is 11.7 Å². The second-order valence-electron chi connectivity index (χ2n) is 4.50. The predicted octanol–water partition coefficient (Wildman–Crippen LogP) is 3.63. The number of ether oxygens (including phenoxy) is 1. The summed E-state index contributed by atoms with van der Waals surface area (Å²) < 4.78 is 42.5. The number of hydrogen-bond donors (Lipinski definition) is 0. The average Bonchev–Trinajstić information content (AvgIpc) is 2.35. The lowest BCUT2D eigenvalue weighted by Gasteiger charge is -2.10. The molecule has 1 unspecified atom stereocenters. The van der Waals surface area contributed by atoms with Crippen molar-refractivity contribution in [3.63, 3.8) is 0 Å². The summed E-state index contributed by atoms with van der Waals surface area (Å²) in [6.07, 6.45) is -3.48. The molecule has 0 saturated carbocycles. The molecule has 5 heteroatoms. The molecule has 0 bridgehead atoms. The molecule has 0 aromatic heterocycles. The molecule has 1 rings (SSSR count). The van der Waals surface area contributed by atoms with Crippen LogP contribution in [0.25, 0.3) is 0 Å². The van der Waals surface area contributed by atoms with Gasteiger partial charge >= 0.3 is 6.18 Å². The van der Waals surface area contributed by atoms with Crippen molar-refractivity contribution >= 4 is 5.78 Å². The number of benzene rings is 1. The minimum absolute atomic E-state index is 0.0227. The number of carbonyl (C=O) groups is 1. The van der Waals surface area contributed by atoms with Crippen molar-refractivity contribution in [2.45, 2.75) is 38.5 Å². The van der Waals surface area contributed by atoms with Gasteiger partial charge < -0.3 is 4.74 Å². The number of Topliss-reactive ketones (excluding diaryl/α,β-unsaturated/α-hetero) is 1. The maximum atomic E-state index is 12.5. The zero-order valence-corrected chi connectivity index (χ0v) is 11.0. The first-order valence-corrected chi connectivity index (χ1v) is 6.03. The molecular formula is C14H17F3O2. The van der Waals surface area contributed by atoms with Crippen LogP contribution in [0.4, 0.5) is 13.2 Å². The fraction of sp³-hybridized carbons (Fsp3) is 0.500. The first-order chi connectivity index (χ1) is 8.82. The van der Waals surface area contributed by atoms with Gasteiger partial charge in [0.15, 0.2) is 0 Å². The Morgan fingerprint density at radius 2 is 2.05 bits per heavy atom. The molecule has 0 aliphatic heterocycles. The average molecular weight is 274 g/mol. The van der Waals surface area contributed by atoms with Gasteiger partial charge in [-0.15, -0.1) is 0 Å². The van der Waals surface area contributed by atoms with Crippen LogP contribution in [-0.2, 0) is 22.1 Å². The lowest BCUT2D eigenvalue weighted by Crippen LogP contribution is -2.11. The van der Waals surface area contributed by atoms with Crippen LogP contribution in [-0.4, -0.2) is 19.0 Å². The SMILES string of the molecule is COC(C)CCC(=O)Cc1cccc(C(F)(F)F)c1. The van der Waals surface area contributed by atoms with Crippen molar-refractivity contribution in [1.82, 2.24) is 0 Å². The molecule has 1 aromatic rings. The van der Waals surface area contributed by atoms with Crippen molar-refractivity contribution in [3.05, 3.63) is 35.4 Å². The van der Waals surface area contributed by atoms with Crippen molar-refractivity contribution in [1.29, 1.82) is 0 Å². The molecule has 1 aromatic carbocycles.